The van der Waals surface area contributed by atoms with Crippen LogP contribution in [0, 0.1) is 0 Å². The molecule has 0 saturated carbocycles. The third-order valence-electron chi connectivity index (χ3n) is 4.89. The SMILES string of the molecule is CNCCN1C(=O)[C@H](OC(C)=O)[C@H](c2ccc(OC)cc2)Sc2ccccc21.O=C(O)/C=C/C(=O)O. The number of carbonyl (C=O) groups excluding carboxylic acids is 2. The molecule has 0 unspecified atom stereocenters. The number of carboxylic acids is 2. The monoisotopic (exact) mass is 516 g/mol. The highest BCUT2D eigenvalue weighted by molar-refractivity contribution is 7.99. The maximum atomic E-state index is 13.4. The molecule has 1 heterocycles. The molecule has 11 heteroatoms. The van der Waals surface area contributed by atoms with Gasteiger partial charge in [-0.2, -0.15) is 0 Å². The summed E-state index contributed by atoms with van der Waals surface area (Å²) in [6, 6.07) is 15.3. The van der Waals surface area contributed by atoms with Crippen LogP contribution in [0.1, 0.15) is 17.7 Å². The van der Waals surface area contributed by atoms with Crippen LogP contribution in [0.5, 0.6) is 5.75 Å². The fraction of sp³-hybridized carbons (Fsp3) is 0.280. The number of methoxy groups -OCH3 is 1. The Balaban J connectivity index is 0.000000493. The van der Waals surface area contributed by atoms with E-state index < -0.39 is 24.0 Å². The van der Waals surface area contributed by atoms with Gasteiger partial charge < -0.3 is 29.9 Å². The van der Waals surface area contributed by atoms with Crippen molar-refractivity contribution in [1.82, 2.24) is 5.32 Å². The number of likely N-dealkylation sites (N-methyl/N-ethyl adjacent to an activating group) is 1. The number of carboxylic acid groups (broad SMARTS) is 2. The largest absolute Gasteiger partial charge is 0.497 e. The zero-order chi connectivity index (χ0) is 26.7. The molecule has 2 aromatic rings. The minimum absolute atomic E-state index is 0.219. The van der Waals surface area contributed by atoms with Crippen LogP contribution in [0.4, 0.5) is 5.69 Å². The molecule has 3 N–H and O–H groups in total. The van der Waals surface area contributed by atoms with Gasteiger partial charge in [0.05, 0.1) is 18.0 Å². The summed E-state index contributed by atoms with van der Waals surface area (Å²) in [6.45, 7) is 2.45. The van der Waals surface area contributed by atoms with Crippen LogP contribution in [-0.2, 0) is 23.9 Å². The Hall–Kier alpha value is -3.83. The fourth-order valence-corrected chi connectivity index (χ4v) is 4.62. The van der Waals surface area contributed by atoms with Gasteiger partial charge in [-0.25, -0.2) is 9.59 Å². The molecule has 192 valence electrons. The van der Waals surface area contributed by atoms with Gasteiger partial charge in [0.2, 0.25) is 0 Å². The van der Waals surface area contributed by atoms with E-state index in [1.165, 1.54) is 18.7 Å². The number of carbonyl (C=O) groups is 4. The second kappa shape index (κ2) is 13.9. The number of rotatable bonds is 8. The molecule has 36 heavy (non-hydrogen) atoms. The van der Waals surface area contributed by atoms with Crippen molar-refractivity contribution in [3.05, 3.63) is 66.2 Å². The Labute approximate surface area is 212 Å². The maximum Gasteiger partial charge on any atom is 0.328 e. The van der Waals surface area contributed by atoms with E-state index >= 15 is 0 Å². The number of hydrogen-bond acceptors (Lipinski definition) is 8. The second-order valence-corrected chi connectivity index (χ2v) is 8.60. The predicted octanol–water partition coefficient (Wildman–Crippen LogP) is 2.74. The summed E-state index contributed by atoms with van der Waals surface area (Å²) in [7, 11) is 3.45. The maximum absolute atomic E-state index is 13.4. The molecule has 1 amide bonds. The molecular weight excluding hydrogens is 488 g/mol. The number of benzene rings is 2. The zero-order valence-electron chi connectivity index (χ0n) is 20.0. The van der Waals surface area contributed by atoms with E-state index in [-0.39, 0.29) is 11.2 Å². The van der Waals surface area contributed by atoms with Crippen molar-refractivity contribution in [1.29, 1.82) is 0 Å². The van der Waals surface area contributed by atoms with Crippen LogP contribution in [0.2, 0.25) is 0 Å². The average molecular weight is 517 g/mol. The molecule has 0 aliphatic carbocycles. The summed E-state index contributed by atoms with van der Waals surface area (Å²) in [5, 5.41) is 18.3. The van der Waals surface area contributed by atoms with Crippen LogP contribution in [0.25, 0.3) is 0 Å². The van der Waals surface area contributed by atoms with E-state index in [9.17, 15) is 19.2 Å². The first kappa shape index (κ1) is 28.4. The number of para-hydroxylation sites is 1. The Bertz CT molecular complexity index is 1090. The number of thioether (sulfide) groups is 1. The normalized spacial score (nSPS) is 16.9. The lowest BCUT2D eigenvalue weighted by molar-refractivity contribution is -0.152. The number of ether oxygens (including phenoxy) is 2. The molecule has 0 spiro atoms. The van der Waals surface area contributed by atoms with Crippen molar-refractivity contribution < 1.29 is 38.9 Å². The lowest BCUT2D eigenvalue weighted by atomic mass is 10.1. The second-order valence-electron chi connectivity index (χ2n) is 7.41. The Morgan fingerprint density at radius 2 is 1.67 bits per heavy atom. The van der Waals surface area contributed by atoms with Crippen molar-refractivity contribution in [2.24, 2.45) is 0 Å². The standard InChI is InChI=1S/C21H24N2O4S.C4H4O4/c1-14(24)27-19-20(15-8-10-16(26-3)11-9-15)28-18-7-5-4-6-17(18)23(21(19)25)13-12-22-2;5-3(6)1-2-4(7)8/h4-11,19-20,22H,12-13H2,1-3H3;1-2H,(H,5,6)(H,7,8)/b;2-1+/t19-,20+;/m1./s1. The summed E-state index contributed by atoms with van der Waals surface area (Å²) < 4.78 is 10.8. The molecule has 0 saturated heterocycles. The highest BCUT2D eigenvalue weighted by atomic mass is 32.2. The van der Waals surface area contributed by atoms with Gasteiger partial charge in [0.25, 0.3) is 5.91 Å². The van der Waals surface area contributed by atoms with Crippen LogP contribution in [0.3, 0.4) is 0 Å². The van der Waals surface area contributed by atoms with Crippen molar-refractivity contribution in [2.45, 2.75) is 23.2 Å². The number of esters is 1. The van der Waals surface area contributed by atoms with Gasteiger partial charge in [0.1, 0.15) is 5.75 Å². The van der Waals surface area contributed by atoms with Crippen molar-refractivity contribution in [3.63, 3.8) is 0 Å². The highest BCUT2D eigenvalue weighted by Gasteiger charge is 2.40. The number of fused-ring (bicyclic) bond motifs is 1. The summed E-state index contributed by atoms with van der Waals surface area (Å²) in [5.41, 5.74) is 1.73. The van der Waals surface area contributed by atoms with E-state index in [1.54, 1.807) is 12.0 Å². The number of nitrogens with one attached hydrogen (secondary N) is 1. The topological polar surface area (TPSA) is 142 Å². The molecule has 0 bridgehead atoms. The first-order valence-electron chi connectivity index (χ1n) is 10.8. The molecule has 0 radical (unpaired) electrons. The molecule has 0 aromatic heterocycles. The Morgan fingerprint density at radius 1 is 1.06 bits per heavy atom. The summed E-state index contributed by atoms with van der Waals surface area (Å²) in [6.07, 6.45) is 0.199. The number of amides is 1. The highest BCUT2D eigenvalue weighted by Crippen LogP contribution is 2.46. The summed E-state index contributed by atoms with van der Waals surface area (Å²) in [4.78, 5) is 47.0. The van der Waals surface area contributed by atoms with Crippen LogP contribution >= 0.6 is 11.8 Å². The van der Waals surface area contributed by atoms with E-state index in [0.717, 1.165) is 21.9 Å². The average Bonchev–Trinajstić information content (AvgIpc) is 2.96. The lowest BCUT2D eigenvalue weighted by Crippen LogP contribution is -2.45. The molecule has 10 nitrogen and oxygen atoms in total. The van der Waals surface area contributed by atoms with Gasteiger partial charge in [0, 0.05) is 37.1 Å². The molecule has 1 aliphatic rings. The van der Waals surface area contributed by atoms with Gasteiger partial charge >= 0.3 is 17.9 Å². The molecule has 3 rings (SSSR count). The first-order valence-corrected chi connectivity index (χ1v) is 11.7. The predicted molar refractivity (Wildman–Crippen MR) is 134 cm³/mol. The van der Waals surface area contributed by atoms with Crippen LogP contribution < -0.4 is 15.0 Å². The van der Waals surface area contributed by atoms with Gasteiger partial charge in [-0.05, 0) is 36.9 Å². The Kier molecular flexibility index (Phi) is 11.0. The summed E-state index contributed by atoms with van der Waals surface area (Å²) in [5.74, 6) is -2.48. The van der Waals surface area contributed by atoms with E-state index in [2.05, 4.69) is 5.32 Å². The van der Waals surface area contributed by atoms with Crippen molar-refractivity contribution in [3.8, 4) is 5.75 Å². The van der Waals surface area contributed by atoms with Gasteiger partial charge in [0.15, 0.2) is 6.10 Å². The Morgan fingerprint density at radius 3 is 2.19 bits per heavy atom. The lowest BCUT2D eigenvalue weighted by Gasteiger charge is -2.27. The van der Waals surface area contributed by atoms with Gasteiger partial charge in [-0.3, -0.25) is 9.59 Å². The van der Waals surface area contributed by atoms with Gasteiger partial charge in [-0.1, -0.05) is 24.3 Å². The molecule has 2 atom stereocenters. The van der Waals surface area contributed by atoms with Crippen LogP contribution in [-0.4, -0.2) is 67.4 Å². The third-order valence-corrected chi connectivity index (χ3v) is 6.26. The van der Waals surface area contributed by atoms with E-state index in [0.29, 0.717) is 25.2 Å². The first-order chi connectivity index (χ1) is 17.2. The molecule has 1 aliphatic heterocycles. The number of hydrogen-bond donors (Lipinski definition) is 3. The van der Waals surface area contributed by atoms with Gasteiger partial charge in [-0.15, -0.1) is 11.8 Å². The molecule has 2 aromatic carbocycles. The fourth-order valence-electron chi connectivity index (χ4n) is 3.30. The minimum Gasteiger partial charge on any atom is -0.497 e. The summed E-state index contributed by atoms with van der Waals surface area (Å²) >= 11 is 1.53. The van der Waals surface area contributed by atoms with E-state index in [1.807, 2.05) is 55.6 Å². The van der Waals surface area contributed by atoms with Crippen LogP contribution in [0.15, 0.2) is 65.6 Å². The smallest absolute Gasteiger partial charge is 0.328 e. The number of nitrogens with zero attached hydrogens (tertiary/aromatic N) is 1. The zero-order valence-corrected chi connectivity index (χ0v) is 20.9. The third kappa shape index (κ3) is 8.14. The number of anilines is 1. The van der Waals surface area contributed by atoms with Crippen molar-refractivity contribution in [2.75, 3.05) is 32.1 Å². The quantitative estimate of drug-likeness (QED) is 0.354. The number of aliphatic carboxylic acids is 2. The molecular formula is C25H28N2O8S. The van der Waals surface area contributed by atoms with E-state index in [4.69, 9.17) is 19.7 Å². The molecule has 0 fully saturated rings. The minimum atomic E-state index is -1.26. The van der Waals surface area contributed by atoms with Crippen molar-refractivity contribution >= 4 is 41.3 Å².